The molecule has 1 aromatic heterocycles. The molecule has 0 unspecified atom stereocenters. The zero-order chi connectivity index (χ0) is 17.0. The van der Waals surface area contributed by atoms with E-state index in [9.17, 15) is 17.6 Å². The molecule has 0 radical (unpaired) electrons. The van der Waals surface area contributed by atoms with Crippen LogP contribution in [0.15, 0.2) is 23.3 Å². The third kappa shape index (κ3) is 4.41. The highest BCUT2D eigenvalue weighted by molar-refractivity contribution is 5.83. The van der Waals surface area contributed by atoms with Crippen LogP contribution in [0, 0.1) is 13.8 Å². The Hall–Kier alpha value is -2.65. The summed E-state index contributed by atoms with van der Waals surface area (Å²) in [5, 5.41) is 11.6. The minimum absolute atomic E-state index is 0.152. The van der Waals surface area contributed by atoms with Gasteiger partial charge in [-0.1, -0.05) is 0 Å². The van der Waals surface area contributed by atoms with E-state index in [0.29, 0.717) is 11.6 Å². The lowest BCUT2D eigenvalue weighted by molar-refractivity contribution is -0.0543. The first-order chi connectivity index (χ1) is 10.9. The molecule has 0 aliphatic heterocycles. The number of alkyl halides is 4. The number of benzene rings is 1. The molecule has 0 N–H and O–H groups in total. The van der Waals surface area contributed by atoms with Crippen molar-refractivity contribution in [2.45, 2.75) is 27.1 Å². The van der Waals surface area contributed by atoms with Gasteiger partial charge in [0.25, 0.3) is 0 Å². The number of aromatic nitrogens is 3. The number of hydrogen-bond donors (Lipinski definition) is 0. The number of ether oxygens (including phenoxy) is 2. The van der Waals surface area contributed by atoms with Crippen LogP contribution in [-0.4, -0.2) is 34.3 Å². The van der Waals surface area contributed by atoms with Gasteiger partial charge < -0.3 is 9.47 Å². The van der Waals surface area contributed by atoms with Gasteiger partial charge in [0.2, 0.25) is 0 Å². The molecule has 0 saturated heterocycles. The molecule has 1 aromatic carbocycles. The second kappa shape index (κ2) is 7.07. The van der Waals surface area contributed by atoms with Crippen molar-refractivity contribution in [2.24, 2.45) is 5.10 Å². The third-order valence-corrected chi connectivity index (χ3v) is 2.69. The molecule has 10 heteroatoms. The first-order valence-electron chi connectivity index (χ1n) is 6.33. The Labute approximate surface area is 128 Å². The largest absolute Gasteiger partial charge is 0.435 e. The Balaban J connectivity index is 2.33. The van der Waals surface area contributed by atoms with E-state index in [0.717, 1.165) is 6.07 Å². The normalized spacial score (nSPS) is 11.7. The lowest BCUT2D eigenvalue weighted by Gasteiger charge is -2.10. The molecule has 124 valence electrons. The Morgan fingerprint density at radius 1 is 1.04 bits per heavy atom. The zero-order valence-electron chi connectivity index (χ0n) is 12.1. The molecule has 0 aliphatic carbocycles. The van der Waals surface area contributed by atoms with Crippen LogP contribution >= 0.6 is 0 Å². The average Bonchev–Trinajstić information content (AvgIpc) is 2.76. The van der Waals surface area contributed by atoms with Gasteiger partial charge in [-0.15, -0.1) is 10.2 Å². The summed E-state index contributed by atoms with van der Waals surface area (Å²) < 4.78 is 59.1. The van der Waals surface area contributed by atoms with Gasteiger partial charge in [-0.25, -0.2) is 4.68 Å². The molecule has 0 aliphatic rings. The molecule has 0 fully saturated rings. The molecule has 0 spiro atoms. The van der Waals surface area contributed by atoms with Crippen LogP contribution in [0.4, 0.5) is 17.6 Å². The molecule has 0 atom stereocenters. The van der Waals surface area contributed by atoms with Gasteiger partial charge in [0.05, 0.1) is 6.21 Å². The first kappa shape index (κ1) is 16.7. The summed E-state index contributed by atoms with van der Waals surface area (Å²) in [6.07, 6.45) is 1.23. The standard InChI is InChI=1S/C13H12F4N4O2/c1-7-19-20-8(2)21(7)18-6-9-3-4-10(22-12(14)15)5-11(9)23-13(16)17/h3-6,12-13H,1-2H3/b18-6-. The summed E-state index contributed by atoms with van der Waals surface area (Å²) in [7, 11) is 0. The van der Waals surface area contributed by atoms with Crippen molar-refractivity contribution in [3.8, 4) is 11.5 Å². The molecule has 2 rings (SSSR count). The first-order valence-corrected chi connectivity index (χ1v) is 6.33. The highest BCUT2D eigenvalue weighted by Crippen LogP contribution is 2.26. The number of hydrogen-bond acceptors (Lipinski definition) is 5. The Morgan fingerprint density at radius 3 is 2.22 bits per heavy atom. The van der Waals surface area contributed by atoms with Gasteiger partial charge in [-0.05, 0) is 26.0 Å². The maximum Gasteiger partial charge on any atom is 0.387 e. The van der Waals surface area contributed by atoms with Crippen LogP contribution < -0.4 is 9.47 Å². The Kier molecular flexibility index (Phi) is 5.14. The fourth-order valence-corrected chi connectivity index (χ4v) is 1.75. The lowest BCUT2D eigenvalue weighted by Crippen LogP contribution is -2.07. The predicted molar refractivity (Wildman–Crippen MR) is 72.2 cm³/mol. The zero-order valence-corrected chi connectivity index (χ0v) is 12.1. The SMILES string of the molecule is Cc1nnc(C)n1/N=C\c1ccc(OC(F)F)cc1OC(F)F. The Morgan fingerprint density at radius 2 is 1.65 bits per heavy atom. The van der Waals surface area contributed by atoms with Gasteiger partial charge in [-0.2, -0.15) is 22.7 Å². The fraction of sp³-hybridized carbons (Fsp3) is 0.308. The highest BCUT2D eigenvalue weighted by Gasteiger charge is 2.13. The molecular formula is C13H12F4N4O2. The maximum atomic E-state index is 12.5. The van der Waals surface area contributed by atoms with Crippen LogP contribution in [0.2, 0.25) is 0 Å². The molecule has 6 nitrogen and oxygen atoms in total. The monoisotopic (exact) mass is 332 g/mol. The van der Waals surface area contributed by atoms with Crippen molar-refractivity contribution in [1.82, 2.24) is 14.9 Å². The van der Waals surface area contributed by atoms with Crippen molar-refractivity contribution >= 4 is 6.21 Å². The van der Waals surface area contributed by atoms with Crippen molar-refractivity contribution in [1.29, 1.82) is 0 Å². The van der Waals surface area contributed by atoms with E-state index in [2.05, 4.69) is 24.8 Å². The maximum absolute atomic E-state index is 12.5. The van der Waals surface area contributed by atoms with E-state index in [1.165, 1.54) is 23.0 Å². The molecule has 1 heterocycles. The summed E-state index contributed by atoms with van der Waals surface area (Å²) in [4.78, 5) is 0. The smallest absolute Gasteiger partial charge is 0.387 e. The van der Waals surface area contributed by atoms with Crippen molar-refractivity contribution < 1.29 is 27.0 Å². The second-order valence-corrected chi connectivity index (χ2v) is 4.31. The minimum atomic E-state index is -3.12. The van der Waals surface area contributed by atoms with Gasteiger partial charge in [0.1, 0.15) is 11.5 Å². The number of nitrogens with zero attached hydrogens (tertiary/aromatic N) is 4. The van der Waals surface area contributed by atoms with Crippen molar-refractivity contribution in [3.05, 3.63) is 35.4 Å². The van der Waals surface area contributed by atoms with Gasteiger partial charge in [0.15, 0.2) is 11.6 Å². The van der Waals surface area contributed by atoms with Crippen molar-refractivity contribution in [3.63, 3.8) is 0 Å². The summed E-state index contributed by atoms with van der Waals surface area (Å²) >= 11 is 0. The van der Waals surface area contributed by atoms with E-state index >= 15 is 0 Å². The molecule has 2 aromatic rings. The van der Waals surface area contributed by atoms with E-state index < -0.39 is 13.2 Å². The van der Waals surface area contributed by atoms with E-state index in [-0.39, 0.29) is 17.1 Å². The summed E-state index contributed by atoms with van der Waals surface area (Å²) in [5.41, 5.74) is 0.152. The number of rotatable bonds is 6. The van der Waals surface area contributed by atoms with Gasteiger partial charge in [0, 0.05) is 11.6 Å². The second-order valence-electron chi connectivity index (χ2n) is 4.31. The summed E-state index contributed by atoms with van der Waals surface area (Å²) in [5.74, 6) is 0.343. The molecule has 23 heavy (non-hydrogen) atoms. The van der Waals surface area contributed by atoms with Gasteiger partial charge >= 0.3 is 13.2 Å². The third-order valence-electron chi connectivity index (χ3n) is 2.69. The van der Waals surface area contributed by atoms with Crippen LogP contribution in [0.25, 0.3) is 0 Å². The van der Waals surface area contributed by atoms with E-state index in [1.54, 1.807) is 13.8 Å². The molecular weight excluding hydrogens is 320 g/mol. The van der Waals surface area contributed by atoms with Crippen LogP contribution in [-0.2, 0) is 0 Å². The van der Waals surface area contributed by atoms with E-state index in [1.807, 2.05) is 0 Å². The highest BCUT2D eigenvalue weighted by atomic mass is 19.3. The topological polar surface area (TPSA) is 61.5 Å². The number of halogens is 4. The van der Waals surface area contributed by atoms with Gasteiger partial charge in [-0.3, -0.25) is 0 Å². The Bertz CT molecular complexity index is 684. The van der Waals surface area contributed by atoms with E-state index in [4.69, 9.17) is 0 Å². The average molecular weight is 332 g/mol. The van der Waals surface area contributed by atoms with Crippen LogP contribution in [0.1, 0.15) is 17.2 Å². The molecule has 0 saturated carbocycles. The quantitative estimate of drug-likeness (QED) is 0.603. The predicted octanol–water partition coefficient (Wildman–Crippen LogP) is 2.98. The fourth-order valence-electron chi connectivity index (χ4n) is 1.75. The molecule has 0 bridgehead atoms. The minimum Gasteiger partial charge on any atom is -0.435 e. The summed E-state index contributed by atoms with van der Waals surface area (Å²) in [6, 6.07) is 3.40. The lowest BCUT2D eigenvalue weighted by atomic mass is 10.2. The number of aryl methyl sites for hydroxylation is 2. The van der Waals surface area contributed by atoms with Crippen LogP contribution in [0.3, 0.4) is 0 Å². The summed E-state index contributed by atoms with van der Waals surface area (Å²) in [6.45, 7) is -2.88. The van der Waals surface area contributed by atoms with Crippen LogP contribution in [0.5, 0.6) is 11.5 Å². The molecule has 0 amide bonds. The van der Waals surface area contributed by atoms with Crippen molar-refractivity contribution in [2.75, 3.05) is 0 Å².